The van der Waals surface area contributed by atoms with Gasteiger partial charge in [0.15, 0.2) is 0 Å². The van der Waals surface area contributed by atoms with Crippen LogP contribution in [0.2, 0.25) is 0 Å². The zero-order valence-corrected chi connectivity index (χ0v) is 19.7. The molecular weight excluding hydrogens is 424 g/mol. The highest BCUT2D eigenvalue weighted by Crippen LogP contribution is 2.29. The van der Waals surface area contributed by atoms with Gasteiger partial charge in [-0.15, -0.1) is 0 Å². The van der Waals surface area contributed by atoms with Crippen molar-refractivity contribution >= 4 is 11.8 Å². The quantitative estimate of drug-likeness (QED) is 0.618. The van der Waals surface area contributed by atoms with Gasteiger partial charge >= 0.3 is 0 Å². The first-order valence-electron chi connectivity index (χ1n) is 11.9. The second kappa shape index (κ2) is 9.39. The van der Waals surface area contributed by atoms with Crippen molar-refractivity contribution in [1.29, 1.82) is 0 Å². The molecule has 3 aromatic rings. The number of rotatable bonds is 5. The molecule has 0 aliphatic carbocycles. The number of aromatic nitrogens is 1. The van der Waals surface area contributed by atoms with Gasteiger partial charge in [0.25, 0.3) is 11.8 Å². The Hall–Kier alpha value is -3.51. The molecule has 0 spiro atoms. The smallest absolute Gasteiger partial charge is 0.253 e. The maximum absolute atomic E-state index is 13.5. The molecule has 2 saturated heterocycles. The van der Waals surface area contributed by atoms with E-state index in [1.165, 1.54) is 0 Å². The van der Waals surface area contributed by atoms with E-state index in [1.807, 2.05) is 67.3 Å². The number of carbonyl (C=O) groups is 2. The number of hydrogen-bond acceptors (Lipinski definition) is 4. The average Bonchev–Trinajstić information content (AvgIpc) is 3.46. The topological polar surface area (TPSA) is 74.3 Å². The molecule has 6 heteroatoms. The van der Waals surface area contributed by atoms with Gasteiger partial charge in [0.2, 0.25) is 0 Å². The maximum atomic E-state index is 13.5. The molecule has 2 N–H and O–H groups in total. The van der Waals surface area contributed by atoms with Gasteiger partial charge < -0.3 is 15.5 Å². The number of nitrogens with zero attached hydrogens (tertiary/aromatic N) is 2. The molecule has 2 fully saturated rings. The number of benzene rings is 2. The molecule has 2 amide bonds. The molecule has 6 nitrogen and oxygen atoms in total. The summed E-state index contributed by atoms with van der Waals surface area (Å²) in [6.45, 7) is 7.84. The van der Waals surface area contributed by atoms with Gasteiger partial charge in [-0.25, -0.2) is 0 Å². The third kappa shape index (κ3) is 4.73. The monoisotopic (exact) mass is 454 g/mol. The first kappa shape index (κ1) is 22.3. The standard InChI is InChI=1S/C28H30N4O2/c1-18-3-7-21(8-4-18)22-9-23(27(33)31-13-20-6-5-19(2)30-12-20)11-24(10-22)28(34)32-16-25-14-29-15-26(25)17-32/h3-12,25-26,29H,13-17H2,1-2H3,(H,31,33)/t25-,26+. The van der Waals surface area contributed by atoms with Crippen molar-refractivity contribution in [3.05, 3.63) is 88.7 Å². The van der Waals surface area contributed by atoms with Crippen LogP contribution in [0.15, 0.2) is 60.8 Å². The fourth-order valence-corrected chi connectivity index (χ4v) is 4.89. The normalized spacial score (nSPS) is 19.2. The Labute approximate surface area is 200 Å². The highest BCUT2D eigenvalue weighted by Gasteiger charge is 2.38. The number of pyridine rings is 1. The predicted octanol–water partition coefficient (Wildman–Crippen LogP) is 3.59. The van der Waals surface area contributed by atoms with E-state index in [9.17, 15) is 9.59 Å². The molecule has 34 heavy (non-hydrogen) atoms. The molecule has 2 atom stereocenters. The number of aryl methyl sites for hydroxylation is 2. The molecule has 0 radical (unpaired) electrons. The Balaban J connectivity index is 1.42. The van der Waals surface area contributed by atoms with Crippen LogP contribution in [-0.4, -0.2) is 47.9 Å². The summed E-state index contributed by atoms with van der Waals surface area (Å²) in [5.41, 5.74) is 5.94. The van der Waals surface area contributed by atoms with Gasteiger partial charge in [0, 0.05) is 55.7 Å². The Kier molecular flexibility index (Phi) is 6.16. The molecule has 2 aromatic carbocycles. The van der Waals surface area contributed by atoms with Crippen molar-refractivity contribution in [2.45, 2.75) is 20.4 Å². The minimum atomic E-state index is -0.203. The summed E-state index contributed by atoms with van der Waals surface area (Å²) < 4.78 is 0. The van der Waals surface area contributed by atoms with Gasteiger partial charge in [0.05, 0.1) is 0 Å². The average molecular weight is 455 g/mol. The number of likely N-dealkylation sites (tertiary alicyclic amines) is 1. The third-order valence-electron chi connectivity index (χ3n) is 6.93. The highest BCUT2D eigenvalue weighted by atomic mass is 16.2. The van der Waals surface area contributed by atoms with E-state index in [4.69, 9.17) is 0 Å². The molecule has 5 rings (SSSR count). The van der Waals surface area contributed by atoms with Crippen molar-refractivity contribution < 1.29 is 9.59 Å². The lowest BCUT2D eigenvalue weighted by Crippen LogP contribution is -2.32. The number of carbonyl (C=O) groups excluding carboxylic acids is 2. The summed E-state index contributed by atoms with van der Waals surface area (Å²) in [7, 11) is 0. The lowest BCUT2D eigenvalue weighted by atomic mass is 9.98. The molecule has 2 aliphatic rings. The van der Waals surface area contributed by atoms with Crippen LogP contribution in [0, 0.1) is 25.7 Å². The SMILES string of the molecule is Cc1ccc(-c2cc(C(=O)NCc3ccc(C)nc3)cc(C(=O)N3C[C@H]4CNC[C@H]4C3)c2)cc1. The van der Waals surface area contributed by atoms with Crippen LogP contribution in [0.3, 0.4) is 0 Å². The van der Waals surface area contributed by atoms with Gasteiger partial charge in [-0.05, 0) is 66.6 Å². The van der Waals surface area contributed by atoms with Gasteiger partial charge in [0.1, 0.15) is 0 Å². The predicted molar refractivity (Wildman–Crippen MR) is 133 cm³/mol. The lowest BCUT2D eigenvalue weighted by molar-refractivity contribution is 0.0781. The van der Waals surface area contributed by atoms with Crippen molar-refractivity contribution in [3.8, 4) is 11.1 Å². The van der Waals surface area contributed by atoms with Gasteiger partial charge in [-0.1, -0.05) is 35.9 Å². The molecule has 0 bridgehead atoms. The molecule has 174 valence electrons. The van der Waals surface area contributed by atoms with Gasteiger partial charge in [-0.2, -0.15) is 0 Å². The highest BCUT2D eigenvalue weighted by molar-refractivity contribution is 6.01. The van der Waals surface area contributed by atoms with E-state index in [2.05, 4.69) is 15.6 Å². The van der Waals surface area contributed by atoms with Gasteiger partial charge in [-0.3, -0.25) is 14.6 Å². The maximum Gasteiger partial charge on any atom is 0.253 e. The zero-order valence-electron chi connectivity index (χ0n) is 19.7. The van der Waals surface area contributed by atoms with Crippen LogP contribution >= 0.6 is 0 Å². The first-order chi connectivity index (χ1) is 16.5. The van der Waals surface area contributed by atoms with Crippen LogP contribution in [0.25, 0.3) is 11.1 Å². The molecule has 1 aromatic heterocycles. The fraction of sp³-hybridized carbons (Fsp3) is 0.321. The lowest BCUT2D eigenvalue weighted by Gasteiger charge is -2.19. The number of amides is 2. The van der Waals surface area contributed by atoms with E-state index in [-0.39, 0.29) is 11.8 Å². The van der Waals surface area contributed by atoms with Crippen molar-refractivity contribution in [2.24, 2.45) is 11.8 Å². The Morgan fingerprint density at radius 2 is 1.65 bits per heavy atom. The van der Waals surface area contributed by atoms with E-state index < -0.39 is 0 Å². The number of fused-ring (bicyclic) bond motifs is 1. The summed E-state index contributed by atoms with van der Waals surface area (Å²) in [5, 5.41) is 6.40. The zero-order chi connectivity index (χ0) is 23.7. The summed E-state index contributed by atoms with van der Waals surface area (Å²) in [5.74, 6) is 0.844. The Morgan fingerprint density at radius 1 is 0.941 bits per heavy atom. The van der Waals surface area contributed by atoms with Crippen LogP contribution in [0.1, 0.15) is 37.5 Å². The van der Waals surface area contributed by atoms with Crippen molar-refractivity contribution in [1.82, 2.24) is 20.5 Å². The van der Waals surface area contributed by atoms with Crippen LogP contribution in [0.5, 0.6) is 0 Å². The van der Waals surface area contributed by atoms with Crippen LogP contribution in [-0.2, 0) is 6.54 Å². The van der Waals surface area contributed by atoms with Crippen molar-refractivity contribution in [2.75, 3.05) is 26.2 Å². The molecular formula is C28H30N4O2. The minimum absolute atomic E-state index is 0.000135. The summed E-state index contributed by atoms with van der Waals surface area (Å²) >= 11 is 0. The fourth-order valence-electron chi connectivity index (χ4n) is 4.89. The van der Waals surface area contributed by atoms with E-state index in [0.717, 1.165) is 54.1 Å². The Bertz CT molecular complexity index is 1190. The van der Waals surface area contributed by atoms with E-state index in [0.29, 0.717) is 29.5 Å². The molecule has 0 unspecified atom stereocenters. The molecule has 3 heterocycles. The van der Waals surface area contributed by atoms with E-state index in [1.54, 1.807) is 12.3 Å². The minimum Gasteiger partial charge on any atom is -0.348 e. The largest absolute Gasteiger partial charge is 0.348 e. The second-order valence-corrected chi connectivity index (χ2v) is 9.54. The number of nitrogens with one attached hydrogen (secondary N) is 2. The van der Waals surface area contributed by atoms with E-state index >= 15 is 0 Å². The third-order valence-corrected chi connectivity index (χ3v) is 6.93. The van der Waals surface area contributed by atoms with Crippen LogP contribution in [0.4, 0.5) is 0 Å². The number of hydrogen-bond donors (Lipinski definition) is 2. The molecule has 0 saturated carbocycles. The summed E-state index contributed by atoms with van der Waals surface area (Å²) in [6.07, 6.45) is 1.77. The second-order valence-electron chi connectivity index (χ2n) is 9.54. The summed E-state index contributed by atoms with van der Waals surface area (Å²) in [4.78, 5) is 32.8. The molecule has 2 aliphatic heterocycles. The Morgan fingerprint density at radius 3 is 2.32 bits per heavy atom. The summed E-state index contributed by atoms with van der Waals surface area (Å²) in [6, 6.07) is 17.6. The van der Waals surface area contributed by atoms with Crippen molar-refractivity contribution in [3.63, 3.8) is 0 Å². The first-order valence-corrected chi connectivity index (χ1v) is 11.9. The van der Waals surface area contributed by atoms with Crippen LogP contribution < -0.4 is 10.6 Å².